The van der Waals surface area contributed by atoms with E-state index in [1.165, 1.54) is 0 Å². The zero-order chi connectivity index (χ0) is 19.1. The second-order valence-corrected chi connectivity index (χ2v) is 6.92. The van der Waals surface area contributed by atoms with Gasteiger partial charge in [-0.3, -0.25) is 4.79 Å². The predicted octanol–water partition coefficient (Wildman–Crippen LogP) is 5.30. The maximum Gasteiger partial charge on any atom is 0.227 e. The lowest BCUT2D eigenvalue weighted by Gasteiger charge is -2.06. The number of para-hydroxylation sites is 1. The normalized spacial score (nSPS) is 13.8. The van der Waals surface area contributed by atoms with Crippen molar-refractivity contribution in [1.82, 2.24) is 9.97 Å². The number of rotatable bonds is 4. The van der Waals surface area contributed by atoms with Crippen LogP contribution in [0.15, 0.2) is 75.3 Å². The first-order valence-corrected chi connectivity index (χ1v) is 9.07. The number of hydrogen-bond acceptors (Lipinski definition) is 6. The van der Waals surface area contributed by atoms with E-state index in [0.717, 1.165) is 27.4 Å². The third-order valence-electron chi connectivity index (χ3n) is 4.72. The summed E-state index contributed by atoms with van der Waals surface area (Å²) in [7, 11) is 0. The number of H-pyrrole nitrogens is 1. The van der Waals surface area contributed by atoms with Gasteiger partial charge < -0.3 is 4.98 Å². The number of aromatic nitrogens is 2. The Morgan fingerprint density at radius 3 is 2.71 bits per heavy atom. The van der Waals surface area contributed by atoms with Crippen molar-refractivity contribution in [2.75, 3.05) is 0 Å². The number of nitrogens with zero attached hydrogens (tertiary/aromatic N) is 5. The maximum absolute atomic E-state index is 13.3. The molecule has 2 aromatic carbocycles. The zero-order valence-electron chi connectivity index (χ0n) is 14.5. The number of benzene rings is 2. The Labute approximate surface area is 164 Å². The Balaban J connectivity index is 1.64. The Hall–Kier alpha value is -3.45. The summed E-state index contributed by atoms with van der Waals surface area (Å²) in [5.41, 5.74) is 3.17. The van der Waals surface area contributed by atoms with Gasteiger partial charge in [-0.1, -0.05) is 41.9 Å². The minimum atomic E-state index is -0.439. The molecule has 28 heavy (non-hydrogen) atoms. The topological polar surface area (TPSA) is 95.2 Å². The van der Waals surface area contributed by atoms with Crippen LogP contribution < -0.4 is 0 Å². The Bertz CT molecular complexity index is 1280. The number of halogens is 1. The Morgan fingerprint density at radius 2 is 1.86 bits per heavy atom. The summed E-state index contributed by atoms with van der Waals surface area (Å²) in [6.07, 6.45) is -0.0330. The molecule has 3 heterocycles. The van der Waals surface area contributed by atoms with E-state index in [4.69, 9.17) is 11.6 Å². The van der Waals surface area contributed by atoms with Gasteiger partial charge in [0.25, 0.3) is 0 Å². The van der Waals surface area contributed by atoms with Crippen LogP contribution in [0.2, 0.25) is 5.02 Å². The molecule has 1 aliphatic heterocycles. The molecule has 0 atom stereocenters. The molecule has 136 valence electrons. The van der Waals surface area contributed by atoms with E-state index >= 15 is 0 Å². The lowest BCUT2D eigenvalue weighted by atomic mass is 10.0. The van der Waals surface area contributed by atoms with Crippen LogP contribution in [0.4, 0.5) is 0 Å². The highest BCUT2D eigenvalue weighted by Gasteiger charge is 2.24. The van der Waals surface area contributed by atoms with Crippen LogP contribution in [0.25, 0.3) is 21.8 Å². The van der Waals surface area contributed by atoms with Crippen LogP contribution in [0.1, 0.15) is 21.7 Å². The standard InChI is InChI=1S/C20H13ClN6O/c21-12-6-7-13-14(10-18-24-26-27-25-18)19(23-17(13)9-12)20(28)16-8-5-11-3-1-2-4-15(11)22-16/h1-9,18,23H,10H2. The van der Waals surface area contributed by atoms with Gasteiger partial charge in [-0.25, -0.2) is 4.98 Å². The number of nitrogens with one attached hydrogen (secondary N) is 1. The van der Waals surface area contributed by atoms with Gasteiger partial charge in [0, 0.05) is 27.7 Å². The quantitative estimate of drug-likeness (QED) is 0.480. The summed E-state index contributed by atoms with van der Waals surface area (Å²) in [5, 5.41) is 17.5. The number of hydrogen-bond donors (Lipinski definition) is 1. The Morgan fingerprint density at radius 1 is 1.04 bits per heavy atom. The molecule has 0 amide bonds. The van der Waals surface area contributed by atoms with Crippen molar-refractivity contribution in [3.63, 3.8) is 0 Å². The molecule has 0 saturated heterocycles. The summed E-state index contributed by atoms with van der Waals surface area (Å²) in [4.78, 5) is 21.0. The predicted molar refractivity (Wildman–Crippen MR) is 106 cm³/mol. The van der Waals surface area contributed by atoms with E-state index in [1.807, 2.05) is 36.4 Å². The first-order chi connectivity index (χ1) is 13.7. The van der Waals surface area contributed by atoms with E-state index in [2.05, 4.69) is 30.6 Å². The highest BCUT2D eigenvalue weighted by molar-refractivity contribution is 6.31. The molecule has 1 N–H and O–H groups in total. The fourth-order valence-electron chi connectivity index (χ4n) is 3.41. The summed E-state index contributed by atoms with van der Waals surface area (Å²) in [6.45, 7) is 0. The molecule has 0 saturated carbocycles. The fraction of sp³-hybridized carbons (Fsp3) is 0.100. The molecule has 0 bridgehead atoms. The molecule has 5 rings (SSSR count). The van der Waals surface area contributed by atoms with Gasteiger partial charge in [-0.15, -0.1) is 10.2 Å². The average Bonchev–Trinajstić information content (AvgIpc) is 3.35. The van der Waals surface area contributed by atoms with Gasteiger partial charge in [-0.2, -0.15) is 0 Å². The van der Waals surface area contributed by atoms with Gasteiger partial charge in [-0.05, 0) is 40.3 Å². The van der Waals surface area contributed by atoms with Gasteiger partial charge in [0.05, 0.1) is 11.2 Å². The SMILES string of the molecule is O=C(c1ccc2ccccc2n1)c1[nH]c2cc(Cl)ccc2c1CC1N=NN=N1. The van der Waals surface area contributed by atoms with E-state index < -0.39 is 6.17 Å². The molecule has 0 aliphatic carbocycles. The molecule has 1 aliphatic rings. The number of carbonyl (C=O) groups is 1. The van der Waals surface area contributed by atoms with Gasteiger partial charge in [0.15, 0.2) is 6.17 Å². The van der Waals surface area contributed by atoms with Crippen LogP contribution >= 0.6 is 11.6 Å². The molecule has 0 spiro atoms. The molecule has 7 nitrogen and oxygen atoms in total. The van der Waals surface area contributed by atoms with Crippen LogP contribution in [0.3, 0.4) is 0 Å². The number of pyridine rings is 1. The van der Waals surface area contributed by atoms with Crippen molar-refractivity contribution in [3.05, 3.63) is 76.6 Å². The van der Waals surface area contributed by atoms with Crippen molar-refractivity contribution in [2.24, 2.45) is 20.7 Å². The van der Waals surface area contributed by atoms with E-state index in [0.29, 0.717) is 22.8 Å². The van der Waals surface area contributed by atoms with Crippen molar-refractivity contribution < 1.29 is 4.79 Å². The molecule has 0 unspecified atom stereocenters. The van der Waals surface area contributed by atoms with Crippen LogP contribution in [0, 0.1) is 0 Å². The molecule has 8 heteroatoms. The highest BCUT2D eigenvalue weighted by Crippen LogP contribution is 2.29. The molecule has 4 aromatic rings. The second-order valence-electron chi connectivity index (χ2n) is 6.48. The smallest absolute Gasteiger partial charge is 0.227 e. The Kier molecular flexibility index (Phi) is 3.95. The van der Waals surface area contributed by atoms with Crippen molar-refractivity contribution in [1.29, 1.82) is 0 Å². The molecule has 2 aromatic heterocycles. The van der Waals surface area contributed by atoms with E-state index in [1.54, 1.807) is 18.2 Å². The summed E-state index contributed by atoms with van der Waals surface area (Å²) < 4.78 is 0. The maximum atomic E-state index is 13.3. The second kappa shape index (κ2) is 6.61. The van der Waals surface area contributed by atoms with Crippen molar-refractivity contribution in [2.45, 2.75) is 12.6 Å². The summed E-state index contributed by atoms with van der Waals surface area (Å²) in [5.74, 6) is -0.194. The minimum absolute atomic E-state index is 0.194. The number of carbonyl (C=O) groups excluding carboxylic acids is 1. The lowest BCUT2D eigenvalue weighted by molar-refractivity contribution is 0.103. The first kappa shape index (κ1) is 16.7. The molecule has 0 radical (unpaired) electrons. The third-order valence-corrected chi connectivity index (χ3v) is 4.96. The van der Waals surface area contributed by atoms with Crippen molar-refractivity contribution in [3.8, 4) is 0 Å². The zero-order valence-corrected chi connectivity index (χ0v) is 15.3. The van der Waals surface area contributed by atoms with E-state index in [-0.39, 0.29) is 5.78 Å². The summed E-state index contributed by atoms with van der Waals surface area (Å²) in [6, 6.07) is 16.8. The largest absolute Gasteiger partial charge is 0.351 e. The number of fused-ring (bicyclic) bond motifs is 2. The van der Waals surface area contributed by atoms with Gasteiger partial charge in [0.1, 0.15) is 5.69 Å². The monoisotopic (exact) mass is 388 g/mol. The van der Waals surface area contributed by atoms with E-state index in [9.17, 15) is 4.79 Å². The highest BCUT2D eigenvalue weighted by atomic mass is 35.5. The lowest BCUT2D eigenvalue weighted by Crippen LogP contribution is -2.10. The van der Waals surface area contributed by atoms with Gasteiger partial charge >= 0.3 is 0 Å². The third kappa shape index (κ3) is 2.86. The number of ketones is 1. The van der Waals surface area contributed by atoms with Crippen molar-refractivity contribution >= 4 is 39.2 Å². The van der Waals surface area contributed by atoms with Crippen LogP contribution in [-0.4, -0.2) is 21.9 Å². The molecular formula is C20H13ClN6O. The number of aromatic amines is 1. The molecular weight excluding hydrogens is 376 g/mol. The molecule has 0 fully saturated rings. The van der Waals surface area contributed by atoms with Crippen LogP contribution in [0.5, 0.6) is 0 Å². The summed E-state index contributed by atoms with van der Waals surface area (Å²) >= 11 is 6.13. The van der Waals surface area contributed by atoms with Crippen LogP contribution in [-0.2, 0) is 6.42 Å². The average molecular weight is 389 g/mol. The fourth-order valence-corrected chi connectivity index (χ4v) is 3.58. The minimum Gasteiger partial charge on any atom is -0.351 e. The van der Waals surface area contributed by atoms with Gasteiger partial charge in [0.2, 0.25) is 5.78 Å². The first-order valence-electron chi connectivity index (χ1n) is 8.69.